The maximum atomic E-state index is 11.5. The number of hydrogen-bond acceptors (Lipinski definition) is 7. The second-order valence-electron chi connectivity index (χ2n) is 5.61. The normalized spacial score (nSPS) is 15.0. The minimum atomic E-state index is -0.663. The van der Waals surface area contributed by atoms with Crippen LogP contribution >= 0.6 is 0 Å². The van der Waals surface area contributed by atoms with E-state index in [2.05, 4.69) is 9.47 Å². The zero-order chi connectivity index (χ0) is 17.6. The van der Waals surface area contributed by atoms with Gasteiger partial charge in [-0.3, -0.25) is 0 Å². The van der Waals surface area contributed by atoms with Crippen LogP contribution < -0.4 is 0 Å². The van der Waals surface area contributed by atoms with E-state index >= 15 is 0 Å². The van der Waals surface area contributed by atoms with E-state index in [1.807, 2.05) is 0 Å². The first kappa shape index (κ1) is 15.2. The fourth-order valence-corrected chi connectivity index (χ4v) is 2.73. The van der Waals surface area contributed by atoms with Gasteiger partial charge in [0.1, 0.15) is 0 Å². The number of hydrogen-bond donors (Lipinski definition) is 0. The summed E-state index contributed by atoms with van der Waals surface area (Å²) in [5.74, 6) is -2.62. The maximum absolute atomic E-state index is 11.5. The summed E-state index contributed by atoms with van der Waals surface area (Å²) in [6.45, 7) is 0.407. The van der Waals surface area contributed by atoms with E-state index < -0.39 is 23.9 Å². The molecule has 0 bridgehead atoms. The number of cyclic esters (lactones) is 4. The zero-order valence-electron chi connectivity index (χ0n) is 12.7. The van der Waals surface area contributed by atoms with Gasteiger partial charge in [-0.2, -0.15) is 0 Å². The highest BCUT2D eigenvalue weighted by molar-refractivity contribution is 6.15. The van der Waals surface area contributed by atoms with Crippen molar-refractivity contribution in [2.75, 3.05) is 0 Å². The van der Waals surface area contributed by atoms with Crippen LogP contribution in [0.2, 0.25) is 0 Å². The molecule has 2 aliphatic heterocycles. The van der Waals surface area contributed by atoms with Crippen LogP contribution in [0.25, 0.3) is 0 Å². The fourth-order valence-electron chi connectivity index (χ4n) is 2.73. The number of benzene rings is 2. The summed E-state index contributed by atoms with van der Waals surface area (Å²) in [4.78, 5) is 45.9. The van der Waals surface area contributed by atoms with Gasteiger partial charge >= 0.3 is 23.9 Å². The molecule has 2 heterocycles. The first-order valence-corrected chi connectivity index (χ1v) is 7.39. The number of fused-ring (bicyclic) bond motifs is 2. The molecule has 0 radical (unpaired) electrons. The predicted molar refractivity (Wildman–Crippen MR) is 80.9 cm³/mol. The molecule has 0 atom stereocenters. The minimum absolute atomic E-state index is 0.204. The highest BCUT2D eigenvalue weighted by Gasteiger charge is 2.30. The first-order chi connectivity index (χ1) is 12.0. The number of ether oxygens (including phenoxy) is 3. The molecule has 0 amide bonds. The standard InChI is InChI=1S/C18H10O7/c19-15-11-3-1-9(5-13(11)17(21)24-15)7-23-8-10-2-4-12-14(6-10)18(22)25-16(12)20/h1-6H,7-8H2. The summed E-state index contributed by atoms with van der Waals surface area (Å²) < 4.78 is 14.6. The summed E-state index contributed by atoms with van der Waals surface area (Å²) in [5.41, 5.74) is 2.36. The van der Waals surface area contributed by atoms with Gasteiger partial charge in [0.25, 0.3) is 0 Å². The monoisotopic (exact) mass is 338 g/mol. The third-order valence-electron chi connectivity index (χ3n) is 3.96. The summed E-state index contributed by atoms with van der Waals surface area (Å²) in [6.07, 6.45) is 0. The lowest BCUT2D eigenvalue weighted by atomic mass is 10.1. The van der Waals surface area contributed by atoms with Crippen molar-refractivity contribution in [1.29, 1.82) is 0 Å². The van der Waals surface area contributed by atoms with Gasteiger partial charge in [0, 0.05) is 0 Å². The van der Waals surface area contributed by atoms with Crippen LogP contribution in [-0.2, 0) is 27.4 Å². The third kappa shape index (κ3) is 2.60. The highest BCUT2D eigenvalue weighted by atomic mass is 16.6. The summed E-state index contributed by atoms with van der Waals surface area (Å²) in [6, 6.07) is 9.52. The molecule has 124 valence electrons. The fraction of sp³-hybridized carbons (Fsp3) is 0.111. The van der Waals surface area contributed by atoms with E-state index in [1.54, 1.807) is 24.3 Å². The van der Waals surface area contributed by atoms with Gasteiger partial charge in [-0.05, 0) is 35.4 Å². The third-order valence-corrected chi connectivity index (χ3v) is 3.96. The molecule has 2 aromatic rings. The van der Waals surface area contributed by atoms with Crippen molar-refractivity contribution in [2.45, 2.75) is 13.2 Å². The molecule has 0 fully saturated rings. The first-order valence-electron chi connectivity index (χ1n) is 7.39. The van der Waals surface area contributed by atoms with Crippen LogP contribution in [0.3, 0.4) is 0 Å². The average molecular weight is 338 g/mol. The lowest BCUT2D eigenvalue weighted by Crippen LogP contribution is -1.99. The molecule has 7 heteroatoms. The summed E-state index contributed by atoms with van der Waals surface area (Å²) in [7, 11) is 0. The van der Waals surface area contributed by atoms with Crippen LogP contribution in [0.15, 0.2) is 36.4 Å². The average Bonchev–Trinajstić information content (AvgIpc) is 3.04. The van der Waals surface area contributed by atoms with Crippen LogP contribution in [0.5, 0.6) is 0 Å². The van der Waals surface area contributed by atoms with Crippen LogP contribution in [-0.4, -0.2) is 23.9 Å². The number of carbonyl (C=O) groups excluding carboxylic acids is 4. The molecule has 0 N–H and O–H groups in total. The van der Waals surface area contributed by atoms with E-state index in [1.165, 1.54) is 12.1 Å². The second kappa shape index (κ2) is 5.64. The van der Waals surface area contributed by atoms with Crippen LogP contribution in [0, 0.1) is 0 Å². The Bertz CT molecular complexity index is 880. The molecular weight excluding hydrogens is 328 g/mol. The van der Waals surface area contributed by atoms with Crippen molar-refractivity contribution >= 4 is 23.9 Å². The molecule has 0 spiro atoms. The largest absolute Gasteiger partial charge is 0.386 e. The Morgan fingerprint density at radius 3 is 1.44 bits per heavy atom. The molecule has 7 nitrogen and oxygen atoms in total. The molecular formula is C18H10O7. The lowest BCUT2D eigenvalue weighted by Gasteiger charge is -2.06. The second-order valence-corrected chi connectivity index (χ2v) is 5.61. The van der Waals surface area contributed by atoms with Gasteiger partial charge in [-0.1, -0.05) is 12.1 Å². The molecule has 25 heavy (non-hydrogen) atoms. The molecule has 4 rings (SSSR count). The molecule has 0 aliphatic carbocycles. The molecule has 0 saturated heterocycles. The predicted octanol–water partition coefficient (Wildman–Crippen LogP) is 2.02. The van der Waals surface area contributed by atoms with Gasteiger partial charge < -0.3 is 14.2 Å². The highest BCUT2D eigenvalue weighted by Crippen LogP contribution is 2.23. The zero-order valence-corrected chi connectivity index (χ0v) is 12.7. The Balaban J connectivity index is 1.44. The Morgan fingerprint density at radius 1 is 0.600 bits per heavy atom. The Labute approximate surface area is 141 Å². The summed E-state index contributed by atoms with van der Waals surface area (Å²) in [5, 5.41) is 0. The number of carbonyl (C=O) groups is 4. The van der Waals surface area contributed by atoms with E-state index in [0.29, 0.717) is 11.1 Å². The summed E-state index contributed by atoms with van der Waals surface area (Å²) >= 11 is 0. The molecule has 0 saturated carbocycles. The quantitative estimate of drug-likeness (QED) is 0.621. The van der Waals surface area contributed by atoms with Crippen molar-refractivity contribution in [3.05, 3.63) is 69.8 Å². The Kier molecular flexibility index (Phi) is 3.43. The van der Waals surface area contributed by atoms with E-state index in [0.717, 1.165) is 0 Å². The topological polar surface area (TPSA) is 96.0 Å². The van der Waals surface area contributed by atoms with Crippen LogP contribution in [0.1, 0.15) is 52.6 Å². The van der Waals surface area contributed by atoms with Gasteiger partial charge in [-0.25, -0.2) is 19.2 Å². The van der Waals surface area contributed by atoms with E-state index in [9.17, 15) is 19.2 Å². The van der Waals surface area contributed by atoms with Crippen molar-refractivity contribution in [1.82, 2.24) is 0 Å². The van der Waals surface area contributed by atoms with Crippen molar-refractivity contribution in [2.24, 2.45) is 0 Å². The van der Waals surface area contributed by atoms with Gasteiger partial charge in [0.2, 0.25) is 0 Å². The van der Waals surface area contributed by atoms with E-state index in [-0.39, 0.29) is 35.5 Å². The number of rotatable bonds is 4. The minimum Gasteiger partial charge on any atom is -0.386 e. The van der Waals surface area contributed by atoms with Crippen LogP contribution in [0.4, 0.5) is 0 Å². The lowest BCUT2D eigenvalue weighted by molar-refractivity contribution is 0.0425. The van der Waals surface area contributed by atoms with Crippen molar-refractivity contribution in [3.63, 3.8) is 0 Å². The Hall–Kier alpha value is -3.32. The van der Waals surface area contributed by atoms with Crippen molar-refractivity contribution in [3.8, 4) is 0 Å². The molecule has 2 aliphatic rings. The van der Waals surface area contributed by atoms with Gasteiger partial charge in [0.05, 0.1) is 35.5 Å². The molecule has 2 aromatic carbocycles. The van der Waals surface area contributed by atoms with Gasteiger partial charge in [-0.15, -0.1) is 0 Å². The van der Waals surface area contributed by atoms with Crippen molar-refractivity contribution < 1.29 is 33.4 Å². The van der Waals surface area contributed by atoms with Gasteiger partial charge in [0.15, 0.2) is 0 Å². The number of esters is 4. The molecule has 0 aromatic heterocycles. The smallest absolute Gasteiger partial charge is 0.346 e. The van der Waals surface area contributed by atoms with E-state index in [4.69, 9.17) is 4.74 Å². The molecule has 0 unspecified atom stereocenters. The maximum Gasteiger partial charge on any atom is 0.346 e. The Morgan fingerprint density at radius 2 is 1.00 bits per heavy atom. The SMILES string of the molecule is O=C1OC(=O)c2cc(COCc3ccc4c(c3)C(=O)OC4=O)ccc21.